The van der Waals surface area contributed by atoms with E-state index < -0.39 is 0 Å². The van der Waals surface area contributed by atoms with Crippen LogP contribution in [0, 0.1) is 6.92 Å². The lowest BCUT2D eigenvalue weighted by Gasteiger charge is -2.37. The number of hydrogen-bond acceptors (Lipinski definition) is 4. The van der Waals surface area contributed by atoms with Crippen LogP contribution < -0.4 is 10.1 Å². The first-order chi connectivity index (χ1) is 13.6. The molecule has 3 rings (SSSR count). The van der Waals surface area contributed by atoms with Crippen molar-refractivity contribution in [3.05, 3.63) is 59.7 Å². The van der Waals surface area contributed by atoms with E-state index in [4.69, 9.17) is 4.74 Å². The Hall–Kier alpha value is -2.37. The Labute approximate surface area is 168 Å². The van der Waals surface area contributed by atoms with E-state index >= 15 is 0 Å². The van der Waals surface area contributed by atoms with E-state index in [-0.39, 0.29) is 11.9 Å². The lowest BCUT2D eigenvalue weighted by Crippen LogP contribution is -2.53. The normalized spacial score (nSPS) is 16.5. The maximum absolute atomic E-state index is 12.8. The highest BCUT2D eigenvalue weighted by atomic mass is 16.5. The lowest BCUT2D eigenvalue weighted by molar-refractivity contribution is -0.121. The van der Waals surface area contributed by atoms with Gasteiger partial charge in [0.15, 0.2) is 0 Å². The zero-order valence-corrected chi connectivity index (χ0v) is 17.1. The van der Waals surface area contributed by atoms with E-state index in [9.17, 15) is 4.79 Å². The SMILES string of the molecule is COc1ccc(C)cc1NC(=O)C(C)N1CCN(CCc2ccccc2)CC1. The van der Waals surface area contributed by atoms with Crippen LogP contribution in [0.4, 0.5) is 5.69 Å². The van der Waals surface area contributed by atoms with Crippen LogP contribution in [0.15, 0.2) is 48.5 Å². The third-order valence-electron chi connectivity index (χ3n) is 5.51. The molecule has 1 heterocycles. The highest BCUT2D eigenvalue weighted by molar-refractivity contribution is 5.96. The number of ether oxygens (including phenoxy) is 1. The second kappa shape index (κ2) is 9.71. The summed E-state index contributed by atoms with van der Waals surface area (Å²) in [6.07, 6.45) is 1.07. The number of nitrogens with zero attached hydrogens (tertiary/aromatic N) is 2. The topological polar surface area (TPSA) is 44.8 Å². The monoisotopic (exact) mass is 381 g/mol. The highest BCUT2D eigenvalue weighted by Gasteiger charge is 2.26. The third-order valence-corrected chi connectivity index (χ3v) is 5.51. The summed E-state index contributed by atoms with van der Waals surface area (Å²) in [5, 5.41) is 3.04. The highest BCUT2D eigenvalue weighted by Crippen LogP contribution is 2.25. The summed E-state index contributed by atoms with van der Waals surface area (Å²) in [6.45, 7) is 8.88. The van der Waals surface area contributed by atoms with Crippen LogP contribution in [-0.2, 0) is 11.2 Å². The fourth-order valence-corrected chi connectivity index (χ4v) is 3.63. The van der Waals surface area contributed by atoms with Crippen molar-refractivity contribution in [2.24, 2.45) is 0 Å². The number of carbonyl (C=O) groups is 1. The number of anilines is 1. The summed E-state index contributed by atoms with van der Waals surface area (Å²) in [5.74, 6) is 0.707. The molecule has 1 aliphatic rings. The van der Waals surface area contributed by atoms with Gasteiger partial charge in [-0.1, -0.05) is 36.4 Å². The fourth-order valence-electron chi connectivity index (χ4n) is 3.63. The van der Waals surface area contributed by atoms with Crippen LogP contribution >= 0.6 is 0 Å². The third kappa shape index (κ3) is 5.33. The summed E-state index contributed by atoms with van der Waals surface area (Å²) in [6, 6.07) is 16.3. The molecule has 0 aliphatic carbocycles. The summed E-state index contributed by atoms with van der Waals surface area (Å²) in [7, 11) is 1.62. The number of nitrogens with one attached hydrogen (secondary N) is 1. The quantitative estimate of drug-likeness (QED) is 0.800. The molecule has 1 N–H and O–H groups in total. The average molecular weight is 382 g/mol. The maximum atomic E-state index is 12.8. The molecule has 0 bridgehead atoms. The van der Waals surface area contributed by atoms with Gasteiger partial charge >= 0.3 is 0 Å². The number of benzene rings is 2. The number of hydrogen-bond donors (Lipinski definition) is 1. The Bertz CT molecular complexity index is 771. The summed E-state index contributed by atoms with van der Waals surface area (Å²) in [4.78, 5) is 17.5. The second-order valence-electron chi connectivity index (χ2n) is 7.48. The Morgan fingerprint density at radius 2 is 1.82 bits per heavy atom. The number of rotatable bonds is 7. The van der Waals surface area contributed by atoms with Gasteiger partial charge in [-0.25, -0.2) is 0 Å². The van der Waals surface area contributed by atoms with Gasteiger partial charge in [0, 0.05) is 32.7 Å². The van der Waals surface area contributed by atoms with Gasteiger partial charge in [-0.2, -0.15) is 0 Å². The Balaban J connectivity index is 1.48. The average Bonchev–Trinajstić information content (AvgIpc) is 2.73. The molecule has 1 amide bonds. The summed E-state index contributed by atoms with van der Waals surface area (Å²) >= 11 is 0. The summed E-state index contributed by atoms with van der Waals surface area (Å²) < 4.78 is 5.37. The van der Waals surface area contributed by atoms with Gasteiger partial charge in [0.25, 0.3) is 0 Å². The minimum absolute atomic E-state index is 0.0154. The van der Waals surface area contributed by atoms with Crippen molar-refractivity contribution in [1.82, 2.24) is 9.80 Å². The molecule has 1 saturated heterocycles. The van der Waals surface area contributed by atoms with Gasteiger partial charge in [-0.3, -0.25) is 9.69 Å². The lowest BCUT2D eigenvalue weighted by atomic mass is 10.1. The van der Waals surface area contributed by atoms with Crippen LogP contribution in [-0.4, -0.2) is 61.6 Å². The zero-order chi connectivity index (χ0) is 19.9. The second-order valence-corrected chi connectivity index (χ2v) is 7.48. The molecule has 0 aromatic heterocycles. The first-order valence-electron chi connectivity index (χ1n) is 10.0. The van der Waals surface area contributed by atoms with Crippen molar-refractivity contribution >= 4 is 11.6 Å². The Morgan fingerprint density at radius 1 is 1.11 bits per heavy atom. The van der Waals surface area contributed by atoms with Gasteiger partial charge in [-0.15, -0.1) is 0 Å². The van der Waals surface area contributed by atoms with Crippen molar-refractivity contribution in [2.75, 3.05) is 45.2 Å². The molecular formula is C23H31N3O2. The van der Waals surface area contributed by atoms with Crippen LogP contribution in [0.5, 0.6) is 5.75 Å². The van der Waals surface area contributed by atoms with Crippen molar-refractivity contribution in [3.8, 4) is 5.75 Å². The molecular weight excluding hydrogens is 350 g/mol. The van der Waals surface area contributed by atoms with Crippen molar-refractivity contribution < 1.29 is 9.53 Å². The standard InChI is InChI=1S/C23H31N3O2/c1-18-9-10-22(28-3)21(17-18)24-23(27)19(2)26-15-13-25(14-16-26)12-11-20-7-5-4-6-8-20/h4-10,17,19H,11-16H2,1-3H3,(H,24,27). The van der Waals surface area contributed by atoms with Gasteiger partial charge in [0.05, 0.1) is 18.8 Å². The van der Waals surface area contributed by atoms with Crippen LogP contribution in [0.25, 0.3) is 0 Å². The smallest absolute Gasteiger partial charge is 0.241 e. The Morgan fingerprint density at radius 3 is 2.50 bits per heavy atom. The molecule has 0 spiro atoms. The molecule has 150 valence electrons. The van der Waals surface area contributed by atoms with E-state index in [1.165, 1.54) is 5.56 Å². The van der Waals surface area contributed by atoms with Crippen molar-refractivity contribution in [3.63, 3.8) is 0 Å². The number of piperazine rings is 1. The van der Waals surface area contributed by atoms with Gasteiger partial charge < -0.3 is 15.0 Å². The molecule has 1 aliphatic heterocycles. The first-order valence-corrected chi connectivity index (χ1v) is 10.0. The molecule has 2 aromatic rings. The zero-order valence-electron chi connectivity index (χ0n) is 17.1. The van der Waals surface area contributed by atoms with Crippen LogP contribution in [0.1, 0.15) is 18.1 Å². The van der Waals surface area contributed by atoms with E-state index in [0.717, 1.165) is 50.4 Å². The van der Waals surface area contributed by atoms with Crippen LogP contribution in [0.3, 0.4) is 0 Å². The molecule has 1 unspecified atom stereocenters. The van der Waals surface area contributed by atoms with E-state index in [0.29, 0.717) is 5.75 Å². The molecule has 0 saturated carbocycles. The summed E-state index contributed by atoms with van der Waals surface area (Å²) in [5.41, 5.74) is 3.21. The fraction of sp³-hybridized carbons (Fsp3) is 0.435. The predicted octanol–water partition coefficient (Wildman–Crippen LogP) is 3.19. The number of methoxy groups -OCH3 is 1. The minimum atomic E-state index is -0.165. The van der Waals surface area contributed by atoms with Gasteiger partial charge in [-0.05, 0) is 43.5 Å². The van der Waals surface area contributed by atoms with E-state index in [1.54, 1.807) is 7.11 Å². The molecule has 1 fully saturated rings. The largest absolute Gasteiger partial charge is 0.495 e. The van der Waals surface area contributed by atoms with Gasteiger partial charge in [0.1, 0.15) is 5.75 Å². The molecule has 0 radical (unpaired) electrons. The predicted molar refractivity (Wildman–Crippen MR) is 114 cm³/mol. The van der Waals surface area contributed by atoms with Crippen molar-refractivity contribution in [1.29, 1.82) is 0 Å². The number of carbonyl (C=O) groups excluding carboxylic acids is 1. The molecule has 5 nitrogen and oxygen atoms in total. The Kier molecular flexibility index (Phi) is 7.06. The minimum Gasteiger partial charge on any atom is -0.495 e. The molecule has 2 aromatic carbocycles. The molecule has 28 heavy (non-hydrogen) atoms. The van der Waals surface area contributed by atoms with Gasteiger partial charge in [0.2, 0.25) is 5.91 Å². The maximum Gasteiger partial charge on any atom is 0.241 e. The first kappa shape index (κ1) is 20.4. The number of aryl methyl sites for hydroxylation is 1. The molecule has 1 atom stereocenters. The van der Waals surface area contributed by atoms with E-state index in [1.807, 2.05) is 32.0 Å². The van der Waals surface area contributed by atoms with E-state index in [2.05, 4.69) is 45.4 Å². The van der Waals surface area contributed by atoms with Crippen LogP contribution in [0.2, 0.25) is 0 Å². The molecule has 5 heteroatoms. The van der Waals surface area contributed by atoms with Crippen molar-refractivity contribution in [2.45, 2.75) is 26.3 Å². The number of amides is 1.